The van der Waals surface area contributed by atoms with Gasteiger partial charge in [0.25, 0.3) is 0 Å². The van der Waals surface area contributed by atoms with Gasteiger partial charge in [0.15, 0.2) is 0 Å². The van der Waals surface area contributed by atoms with Crippen molar-refractivity contribution in [3.63, 3.8) is 0 Å². The highest BCUT2D eigenvalue weighted by Gasteiger charge is 2.22. The van der Waals surface area contributed by atoms with E-state index >= 15 is 0 Å². The van der Waals surface area contributed by atoms with Crippen molar-refractivity contribution in [2.45, 2.75) is 33.2 Å². The summed E-state index contributed by atoms with van der Waals surface area (Å²) in [4.78, 5) is 14.1. The van der Waals surface area contributed by atoms with Crippen LogP contribution in [0.1, 0.15) is 29.2 Å². The van der Waals surface area contributed by atoms with E-state index in [0.717, 1.165) is 58.8 Å². The summed E-state index contributed by atoms with van der Waals surface area (Å²) >= 11 is 5.96. The summed E-state index contributed by atoms with van der Waals surface area (Å²) in [5.41, 5.74) is 4.68. The Morgan fingerprint density at radius 1 is 1.19 bits per heavy atom. The lowest BCUT2D eigenvalue weighted by atomic mass is 9.99. The first kappa shape index (κ1) is 18.1. The zero-order valence-corrected chi connectivity index (χ0v) is 16.3. The first-order valence-electron chi connectivity index (χ1n) is 9.24. The Morgan fingerprint density at radius 3 is 2.70 bits per heavy atom. The Bertz CT molecular complexity index is 1040. The van der Waals surface area contributed by atoms with E-state index in [9.17, 15) is 4.79 Å². The van der Waals surface area contributed by atoms with Crippen LogP contribution in [0.5, 0.6) is 5.75 Å². The van der Waals surface area contributed by atoms with E-state index < -0.39 is 0 Å². The monoisotopic (exact) mass is 383 g/mol. The quantitative estimate of drug-likeness (QED) is 0.612. The highest BCUT2D eigenvalue weighted by atomic mass is 35.5. The average molecular weight is 384 g/mol. The van der Waals surface area contributed by atoms with Gasteiger partial charge < -0.3 is 9.15 Å². The van der Waals surface area contributed by atoms with Crippen LogP contribution in [0.25, 0.3) is 11.0 Å². The van der Waals surface area contributed by atoms with E-state index in [2.05, 4.69) is 30.0 Å². The van der Waals surface area contributed by atoms with Crippen LogP contribution in [-0.4, -0.2) is 18.2 Å². The second kappa shape index (κ2) is 7.37. The topological polar surface area (TPSA) is 42.7 Å². The molecule has 0 bridgehead atoms. The predicted octanol–water partition coefficient (Wildman–Crippen LogP) is 4.71. The van der Waals surface area contributed by atoms with Crippen molar-refractivity contribution in [1.82, 2.24) is 4.90 Å². The summed E-state index contributed by atoms with van der Waals surface area (Å²) in [6, 6.07) is 11.7. The van der Waals surface area contributed by atoms with Crippen molar-refractivity contribution in [3.8, 4) is 5.75 Å². The molecule has 140 valence electrons. The van der Waals surface area contributed by atoms with Crippen molar-refractivity contribution in [2.24, 2.45) is 0 Å². The second-order valence-electron chi connectivity index (χ2n) is 7.01. The Balaban J connectivity index is 1.60. The van der Waals surface area contributed by atoms with Gasteiger partial charge in [-0.3, -0.25) is 4.90 Å². The lowest BCUT2D eigenvalue weighted by Crippen LogP contribution is -2.34. The molecule has 0 spiro atoms. The maximum atomic E-state index is 11.9. The number of nitrogens with zero attached hydrogens (tertiary/aromatic N) is 1. The van der Waals surface area contributed by atoms with Gasteiger partial charge in [0.1, 0.15) is 18.1 Å². The van der Waals surface area contributed by atoms with Gasteiger partial charge in [-0.05, 0) is 49.1 Å². The summed E-state index contributed by atoms with van der Waals surface area (Å²) in [5.74, 6) is 0.849. The van der Waals surface area contributed by atoms with E-state index in [1.54, 1.807) is 6.07 Å². The van der Waals surface area contributed by atoms with Gasteiger partial charge in [-0.25, -0.2) is 4.79 Å². The van der Waals surface area contributed by atoms with Crippen LogP contribution < -0.4 is 10.4 Å². The highest BCUT2D eigenvalue weighted by Crippen LogP contribution is 2.35. The minimum absolute atomic E-state index is 0.303. The van der Waals surface area contributed by atoms with E-state index in [-0.39, 0.29) is 5.63 Å². The van der Waals surface area contributed by atoms with Crippen molar-refractivity contribution in [2.75, 3.05) is 13.3 Å². The van der Waals surface area contributed by atoms with Gasteiger partial charge in [0.05, 0.1) is 0 Å². The van der Waals surface area contributed by atoms with Gasteiger partial charge in [0.2, 0.25) is 0 Å². The summed E-state index contributed by atoms with van der Waals surface area (Å²) in [7, 11) is 0. The molecule has 0 saturated heterocycles. The van der Waals surface area contributed by atoms with Gasteiger partial charge in [-0.1, -0.05) is 30.7 Å². The van der Waals surface area contributed by atoms with Crippen LogP contribution in [0.15, 0.2) is 45.6 Å². The van der Waals surface area contributed by atoms with Gasteiger partial charge in [-0.15, -0.1) is 0 Å². The number of benzene rings is 2. The van der Waals surface area contributed by atoms with Gasteiger partial charge in [0, 0.05) is 40.7 Å². The highest BCUT2D eigenvalue weighted by molar-refractivity contribution is 6.30. The van der Waals surface area contributed by atoms with Crippen molar-refractivity contribution in [1.29, 1.82) is 0 Å². The van der Waals surface area contributed by atoms with Crippen LogP contribution in [-0.2, 0) is 19.4 Å². The molecule has 0 radical (unpaired) electrons. The van der Waals surface area contributed by atoms with Crippen LogP contribution in [0.3, 0.4) is 0 Å². The molecular weight excluding hydrogens is 362 g/mol. The largest absolute Gasteiger partial charge is 0.477 e. The Kier molecular flexibility index (Phi) is 4.94. The van der Waals surface area contributed by atoms with Crippen molar-refractivity contribution < 1.29 is 9.15 Å². The third kappa shape index (κ3) is 3.60. The third-order valence-electron chi connectivity index (χ3n) is 5.17. The summed E-state index contributed by atoms with van der Waals surface area (Å²) < 4.78 is 11.5. The molecule has 0 amide bonds. The number of halogens is 1. The lowest BCUT2D eigenvalue weighted by molar-refractivity contribution is 0.0959. The van der Waals surface area contributed by atoms with Crippen LogP contribution >= 0.6 is 11.6 Å². The molecule has 0 aliphatic carbocycles. The van der Waals surface area contributed by atoms with E-state index in [4.69, 9.17) is 20.8 Å². The van der Waals surface area contributed by atoms with Crippen LogP contribution in [0, 0.1) is 6.92 Å². The molecule has 0 saturated carbocycles. The molecule has 1 aromatic heterocycles. The minimum Gasteiger partial charge on any atom is -0.477 e. The molecule has 1 aliphatic heterocycles. The number of aryl methyl sites for hydroxylation is 2. The second-order valence-corrected chi connectivity index (χ2v) is 7.45. The first-order valence-corrected chi connectivity index (χ1v) is 9.61. The molecule has 3 aromatic rings. The molecule has 0 fully saturated rings. The number of hydrogen-bond acceptors (Lipinski definition) is 4. The fraction of sp³-hybridized carbons (Fsp3) is 0.318. The van der Waals surface area contributed by atoms with Crippen LogP contribution in [0.4, 0.5) is 0 Å². The first-order chi connectivity index (χ1) is 13.0. The maximum Gasteiger partial charge on any atom is 0.336 e. The average Bonchev–Trinajstić information content (AvgIpc) is 2.67. The fourth-order valence-electron chi connectivity index (χ4n) is 3.71. The number of hydrogen-bond donors (Lipinski definition) is 0. The molecule has 0 atom stereocenters. The Morgan fingerprint density at radius 2 is 1.96 bits per heavy atom. The third-order valence-corrected chi connectivity index (χ3v) is 5.42. The van der Waals surface area contributed by atoms with E-state index in [1.807, 2.05) is 19.1 Å². The van der Waals surface area contributed by atoms with Crippen molar-refractivity contribution >= 4 is 22.6 Å². The molecule has 27 heavy (non-hydrogen) atoms. The summed E-state index contributed by atoms with van der Waals surface area (Å²) in [5, 5.41) is 1.77. The van der Waals surface area contributed by atoms with Gasteiger partial charge in [-0.2, -0.15) is 0 Å². The summed E-state index contributed by atoms with van der Waals surface area (Å²) in [6.45, 7) is 6.28. The predicted molar refractivity (Wildman–Crippen MR) is 108 cm³/mol. The summed E-state index contributed by atoms with van der Waals surface area (Å²) in [6.07, 6.45) is 1.74. The van der Waals surface area contributed by atoms with Crippen LogP contribution in [0.2, 0.25) is 5.02 Å². The molecule has 4 rings (SSSR count). The molecule has 0 N–H and O–H groups in total. The Hall–Kier alpha value is -2.30. The maximum absolute atomic E-state index is 11.9. The normalized spacial score (nSPS) is 14.2. The molecule has 0 unspecified atom stereocenters. The molecule has 1 aliphatic rings. The molecule has 5 heteroatoms. The molecule has 2 aromatic carbocycles. The lowest BCUT2D eigenvalue weighted by Gasteiger charge is -2.30. The number of rotatable bonds is 4. The number of ether oxygens (including phenoxy) is 1. The molecular formula is C22H22ClNO3. The fourth-order valence-corrected chi connectivity index (χ4v) is 3.83. The number of fused-ring (bicyclic) bond motifs is 2. The zero-order chi connectivity index (χ0) is 19.0. The molecule has 4 nitrogen and oxygen atoms in total. The zero-order valence-electron chi connectivity index (χ0n) is 15.5. The molecule has 2 heterocycles. The SMILES string of the molecule is CCc1cc(=O)oc2c(C)c3c(cc12)CN(CCc1ccc(Cl)cc1)CO3. The van der Waals surface area contributed by atoms with E-state index in [1.165, 1.54) is 5.56 Å². The Labute approximate surface area is 163 Å². The van der Waals surface area contributed by atoms with Gasteiger partial charge >= 0.3 is 5.63 Å². The standard InChI is InChI=1S/C22H22ClNO3/c1-3-16-11-20(25)27-22-14(2)21-17(10-19(16)22)12-24(13-26-21)9-8-15-4-6-18(23)7-5-15/h4-7,10-11H,3,8-9,12-13H2,1-2H3. The minimum atomic E-state index is -0.303. The smallest absolute Gasteiger partial charge is 0.336 e. The van der Waals surface area contributed by atoms with Crippen molar-refractivity contribution in [3.05, 3.63) is 74.1 Å². The van der Waals surface area contributed by atoms with E-state index in [0.29, 0.717) is 12.3 Å².